The topological polar surface area (TPSA) is 69.4 Å². The Morgan fingerprint density at radius 3 is 2.39 bits per heavy atom. The van der Waals surface area contributed by atoms with Gasteiger partial charge < -0.3 is 9.94 Å². The zero-order valence-electron chi connectivity index (χ0n) is 11.8. The normalized spacial score (nSPS) is 13.3. The number of ketones is 1. The first-order valence-corrected chi connectivity index (χ1v) is 6.50. The van der Waals surface area contributed by atoms with Crippen molar-refractivity contribution in [1.82, 2.24) is 0 Å². The summed E-state index contributed by atoms with van der Waals surface area (Å²) < 4.78 is 31.5. The van der Waals surface area contributed by atoms with Gasteiger partial charge in [0.15, 0.2) is 0 Å². The zero-order chi connectivity index (χ0) is 16.7. The Bertz CT molecular complexity index is 869. The van der Waals surface area contributed by atoms with E-state index in [0.717, 1.165) is 12.1 Å². The Morgan fingerprint density at radius 1 is 1.13 bits per heavy atom. The number of fused-ring (bicyclic) bond motifs is 1. The molecule has 2 aromatic rings. The molecule has 0 N–H and O–H groups in total. The van der Waals surface area contributed by atoms with Gasteiger partial charge in [0.1, 0.15) is 17.2 Å². The van der Waals surface area contributed by atoms with Gasteiger partial charge in [-0.15, -0.1) is 0 Å². The highest BCUT2D eigenvalue weighted by atomic mass is 19.1. The van der Waals surface area contributed by atoms with Crippen LogP contribution in [0.1, 0.15) is 26.3 Å². The molecular weight excluding hydrogens is 308 g/mol. The zero-order valence-corrected chi connectivity index (χ0v) is 11.8. The third-order valence-electron chi connectivity index (χ3n) is 3.44. The van der Waals surface area contributed by atoms with E-state index in [1.807, 2.05) is 0 Å². The van der Waals surface area contributed by atoms with Crippen molar-refractivity contribution in [3.63, 3.8) is 0 Å². The molecule has 0 spiro atoms. The number of nitrogens with zero attached hydrogens (tertiary/aromatic N) is 1. The van der Waals surface area contributed by atoms with Gasteiger partial charge in [-0.3, -0.25) is 4.79 Å². The van der Waals surface area contributed by atoms with E-state index in [-0.39, 0.29) is 27.1 Å². The van der Waals surface area contributed by atoms with Crippen LogP contribution in [0.4, 0.5) is 14.5 Å². The van der Waals surface area contributed by atoms with E-state index < -0.39 is 29.1 Å². The van der Waals surface area contributed by atoms with E-state index >= 15 is 0 Å². The van der Waals surface area contributed by atoms with Crippen molar-refractivity contribution in [2.75, 3.05) is 7.11 Å². The molecule has 3 rings (SSSR count). The quantitative estimate of drug-likeness (QED) is 0.485. The molecule has 1 aliphatic rings. The maximum Gasteiger partial charge on any atom is 0.338 e. The fourth-order valence-corrected chi connectivity index (χ4v) is 2.42. The number of hydrogen-bond acceptors (Lipinski definition) is 4. The third kappa shape index (κ3) is 2.36. The molecule has 5 nitrogen and oxygen atoms in total. The molecular formula is C16H9F2NO4. The van der Waals surface area contributed by atoms with Crippen LogP contribution in [-0.4, -0.2) is 29.3 Å². The van der Waals surface area contributed by atoms with Gasteiger partial charge in [0.25, 0.3) is 11.5 Å². The van der Waals surface area contributed by atoms with Crippen LogP contribution in [0.2, 0.25) is 0 Å². The van der Waals surface area contributed by atoms with Crippen LogP contribution in [0, 0.1) is 16.8 Å². The molecule has 0 saturated heterocycles. The average molecular weight is 317 g/mol. The van der Waals surface area contributed by atoms with Crippen LogP contribution in [0.15, 0.2) is 36.4 Å². The van der Waals surface area contributed by atoms with E-state index in [1.165, 1.54) is 25.3 Å². The Kier molecular flexibility index (Phi) is 3.40. The Morgan fingerprint density at radius 2 is 1.78 bits per heavy atom. The number of rotatable bonds is 2. The first kappa shape index (κ1) is 14.8. The lowest BCUT2D eigenvalue weighted by atomic mass is 10.0. The van der Waals surface area contributed by atoms with E-state index in [0.29, 0.717) is 6.07 Å². The molecule has 116 valence electrons. The van der Waals surface area contributed by atoms with Crippen LogP contribution >= 0.6 is 0 Å². The molecule has 0 fully saturated rings. The summed E-state index contributed by atoms with van der Waals surface area (Å²) in [6.07, 6.45) is 0. The molecule has 1 aliphatic heterocycles. The number of benzene rings is 2. The maximum absolute atomic E-state index is 13.3. The number of esters is 1. The highest BCUT2D eigenvalue weighted by Crippen LogP contribution is 2.29. The average Bonchev–Trinajstić information content (AvgIpc) is 2.76. The van der Waals surface area contributed by atoms with Crippen molar-refractivity contribution in [1.29, 1.82) is 0 Å². The SMILES string of the molecule is COC(=O)c1ccc2c(c1)[N+]([O-])=C(c1cc(F)cc(F)c1)C2=O. The van der Waals surface area contributed by atoms with Gasteiger partial charge >= 0.3 is 5.97 Å². The van der Waals surface area contributed by atoms with Crippen molar-refractivity contribution in [3.8, 4) is 0 Å². The monoisotopic (exact) mass is 317 g/mol. The Hall–Kier alpha value is -3.09. The summed E-state index contributed by atoms with van der Waals surface area (Å²) in [5.41, 5.74) is -0.504. The minimum atomic E-state index is -0.903. The lowest BCUT2D eigenvalue weighted by Crippen LogP contribution is -2.17. The molecule has 0 saturated carbocycles. The van der Waals surface area contributed by atoms with E-state index in [4.69, 9.17) is 0 Å². The molecule has 23 heavy (non-hydrogen) atoms. The first-order chi connectivity index (χ1) is 10.9. The molecule has 0 atom stereocenters. The van der Waals surface area contributed by atoms with Crippen LogP contribution in [-0.2, 0) is 4.74 Å². The standard InChI is InChI=1S/C16H9F2NO4/c1-23-16(21)8-2-3-12-13(6-8)19(22)14(15(12)20)9-4-10(17)7-11(18)5-9/h2-7H,1H3. The van der Waals surface area contributed by atoms with Crippen molar-refractivity contribution in [2.24, 2.45) is 0 Å². The second-order valence-corrected chi connectivity index (χ2v) is 4.85. The molecule has 7 heteroatoms. The smallest absolute Gasteiger partial charge is 0.338 e. The van der Waals surface area contributed by atoms with Crippen molar-refractivity contribution < 1.29 is 27.8 Å². The van der Waals surface area contributed by atoms with Crippen LogP contribution in [0.5, 0.6) is 0 Å². The van der Waals surface area contributed by atoms with Crippen molar-refractivity contribution in [3.05, 3.63) is 69.9 Å². The number of carbonyl (C=O) groups is 2. The lowest BCUT2D eigenvalue weighted by Gasteiger charge is -2.04. The van der Waals surface area contributed by atoms with Gasteiger partial charge in [-0.05, 0) is 24.3 Å². The summed E-state index contributed by atoms with van der Waals surface area (Å²) in [6.45, 7) is 0. The molecule has 1 heterocycles. The maximum atomic E-state index is 13.3. The Balaban J connectivity index is 2.17. The van der Waals surface area contributed by atoms with Crippen molar-refractivity contribution in [2.45, 2.75) is 0 Å². The van der Waals surface area contributed by atoms with Gasteiger partial charge in [-0.1, -0.05) is 0 Å². The summed E-state index contributed by atoms with van der Waals surface area (Å²) in [5.74, 6) is -3.14. The second-order valence-electron chi connectivity index (χ2n) is 4.85. The predicted molar refractivity (Wildman–Crippen MR) is 75.9 cm³/mol. The highest BCUT2D eigenvalue weighted by molar-refractivity contribution is 6.52. The molecule has 0 radical (unpaired) electrons. The number of carbonyl (C=O) groups excluding carboxylic acids is 2. The minimum absolute atomic E-state index is 0.0484. The summed E-state index contributed by atoms with van der Waals surface area (Å²) in [5, 5.41) is 12.4. The molecule has 0 aliphatic carbocycles. The number of Topliss-reactive ketones (excluding diaryl/α,β-unsaturated/α-hetero) is 1. The fourth-order valence-electron chi connectivity index (χ4n) is 2.42. The summed E-state index contributed by atoms with van der Waals surface area (Å²) >= 11 is 0. The van der Waals surface area contributed by atoms with E-state index in [1.54, 1.807) is 0 Å². The molecule has 0 bridgehead atoms. The van der Waals surface area contributed by atoms with Crippen LogP contribution in [0.25, 0.3) is 0 Å². The number of halogens is 2. The fraction of sp³-hybridized carbons (Fsp3) is 0.0625. The minimum Gasteiger partial charge on any atom is -0.618 e. The summed E-state index contributed by atoms with van der Waals surface area (Å²) in [4.78, 5) is 23.8. The first-order valence-electron chi connectivity index (χ1n) is 6.50. The summed E-state index contributed by atoms with van der Waals surface area (Å²) in [7, 11) is 1.18. The second kappa shape index (κ2) is 5.28. The molecule has 0 aromatic heterocycles. The van der Waals surface area contributed by atoms with Crippen LogP contribution < -0.4 is 0 Å². The Labute approximate surface area is 129 Å². The van der Waals surface area contributed by atoms with E-state index in [2.05, 4.69) is 4.74 Å². The molecule has 2 aromatic carbocycles. The molecule has 0 amide bonds. The van der Waals surface area contributed by atoms with Crippen LogP contribution in [0.3, 0.4) is 0 Å². The van der Waals surface area contributed by atoms with Crippen molar-refractivity contribution >= 4 is 23.2 Å². The molecule has 0 unspecified atom stereocenters. The largest absolute Gasteiger partial charge is 0.618 e. The lowest BCUT2D eigenvalue weighted by molar-refractivity contribution is -0.355. The third-order valence-corrected chi connectivity index (χ3v) is 3.44. The number of ether oxygens (including phenoxy) is 1. The number of hydrogen-bond donors (Lipinski definition) is 0. The summed E-state index contributed by atoms with van der Waals surface area (Å²) in [6, 6.07) is 6.28. The van der Waals surface area contributed by atoms with Gasteiger partial charge in [-0.25, -0.2) is 13.6 Å². The van der Waals surface area contributed by atoms with Gasteiger partial charge in [-0.2, -0.15) is 4.74 Å². The number of methoxy groups -OCH3 is 1. The van der Waals surface area contributed by atoms with Gasteiger partial charge in [0.05, 0.1) is 18.2 Å². The highest BCUT2D eigenvalue weighted by Gasteiger charge is 2.37. The van der Waals surface area contributed by atoms with Gasteiger partial charge in [0.2, 0.25) is 5.69 Å². The van der Waals surface area contributed by atoms with E-state index in [9.17, 15) is 23.6 Å². The van der Waals surface area contributed by atoms with Gasteiger partial charge in [0, 0.05) is 12.1 Å². The predicted octanol–water partition coefficient (Wildman–Crippen LogP) is 2.58.